The van der Waals surface area contributed by atoms with Crippen molar-refractivity contribution in [1.29, 1.82) is 0 Å². The lowest BCUT2D eigenvalue weighted by Crippen LogP contribution is -2.40. The Morgan fingerprint density at radius 1 is 1.28 bits per heavy atom. The third-order valence-electron chi connectivity index (χ3n) is 6.63. The van der Waals surface area contributed by atoms with Gasteiger partial charge in [-0.05, 0) is 62.6 Å². The number of primary amides is 1. The number of hydrogen-bond acceptors (Lipinski definition) is 4. The van der Waals surface area contributed by atoms with Crippen LogP contribution in [0.4, 0.5) is 0 Å². The fourth-order valence-corrected chi connectivity index (χ4v) is 4.67. The second-order valence-electron chi connectivity index (χ2n) is 9.23. The van der Waals surface area contributed by atoms with E-state index in [1.54, 1.807) is 0 Å². The van der Waals surface area contributed by atoms with E-state index in [0.29, 0.717) is 6.54 Å². The maximum Gasteiger partial charge on any atom is 0.221 e. The summed E-state index contributed by atoms with van der Waals surface area (Å²) in [5.74, 6) is 1.53. The predicted octanol–water partition coefficient (Wildman–Crippen LogP) is 2.60. The molecule has 0 spiro atoms. The van der Waals surface area contributed by atoms with E-state index in [0.717, 1.165) is 70.7 Å². The zero-order valence-electron chi connectivity index (χ0n) is 19.9. The van der Waals surface area contributed by atoms with Crippen LogP contribution in [0.5, 0.6) is 0 Å². The van der Waals surface area contributed by atoms with Crippen LogP contribution < -0.4 is 11.1 Å². The van der Waals surface area contributed by atoms with Crippen LogP contribution in [0.15, 0.2) is 29.3 Å². The van der Waals surface area contributed by atoms with Gasteiger partial charge in [-0.2, -0.15) is 0 Å². The smallest absolute Gasteiger partial charge is 0.221 e. The lowest BCUT2D eigenvalue weighted by molar-refractivity contribution is -0.123. The third kappa shape index (κ3) is 7.78. The summed E-state index contributed by atoms with van der Waals surface area (Å²) in [4.78, 5) is 21.1. The van der Waals surface area contributed by atoms with Crippen molar-refractivity contribution in [3.05, 3.63) is 35.4 Å². The van der Waals surface area contributed by atoms with Crippen molar-refractivity contribution in [3.63, 3.8) is 0 Å². The van der Waals surface area contributed by atoms with E-state index in [-0.39, 0.29) is 11.8 Å². The number of amides is 1. The number of ether oxygens (including phenoxy) is 1. The Kier molecular flexibility index (Phi) is 9.81. The highest BCUT2D eigenvalue weighted by Crippen LogP contribution is 2.20. The standard InChI is InChI=1S/C25H41N5O2/c1-3-27-25(29(2)13-9-20-10-14-32-15-11-20)28-17-21-6-4-7-22(16-21)18-30-12-5-8-23(19-30)24(26)31/h4,6-7,16,20,23H,3,5,8-15,17-19H2,1-2H3,(H2,26,31)(H,27,28). The lowest BCUT2D eigenvalue weighted by atomic mass is 9.96. The first kappa shape index (κ1) is 24.5. The van der Waals surface area contributed by atoms with E-state index in [4.69, 9.17) is 15.5 Å². The summed E-state index contributed by atoms with van der Waals surface area (Å²) in [6, 6.07) is 8.65. The molecule has 2 heterocycles. The molecule has 1 aromatic carbocycles. The van der Waals surface area contributed by atoms with Crippen LogP contribution in [-0.2, 0) is 22.6 Å². The van der Waals surface area contributed by atoms with Gasteiger partial charge < -0.3 is 20.7 Å². The highest BCUT2D eigenvalue weighted by molar-refractivity contribution is 5.79. The second kappa shape index (κ2) is 12.8. The van der Waals surface area contributed by atoms with E-state index in [9.17, 15) is 4.79 Å². The van der Waals surface area contributed by atoms with Gasteiger partial charge in [0.05, 0.1) is 12.5 Å². The molecule has 7 nitrogen and oxygen atoms in total. The van der Waals surface area contributed by atoms with Crippen LogP contribution in [0.25, 0.3) is 0 Å². The summed E-state index contributed by atoms with van der Waals surface area (Å²) in [6.45, 7) is 9.07. The average molecular weight is 444 g/mol. The van der Waals surface area contributed by atoms with Crippen LogP contribution in [0.3, 0.4) is 0 Å². The summed E-state index contributed by atoms with van der Waals surface area (Å²) in [5.41, 5.74) is 8.00. The first-order valence-electron chi connectivity index (χ1n) is 12.2. The predicted molar refractivity (Wildman–Crippen MR) is 129 cm³/mol. The van der Waals surface area contributed by atoms with Gasteiger partial charge in [0.25, 0.3) is 0 Å². The Morgan fingerprint density at radius 2 is 2.06 bits per heavy atom. The number of likely N-dealkylation sites (tertiary alicyclic amines) is 1. The van der Waals surface area contributed by atoms with Crippen LogP contribution in [0.2, 0.25) is 0 Å². The van der Waals surface area contributed by atoms with Gasteiger partial charge in [0.2, 0.25) is 5.91 Å². The highest BCUT2D eigenvalue weighted by atomic mass is 16.5. The molecule has 3 rings (SSSR count). The highest BCUT2D eigenvalue weighted by Gasteiger charge is 2.23. The molecule has 0 aliphatic carbocycles. The maximum absolute atomic E-state index is 11.6. The number of nitrogens with zero attached hydrogens (tertiary/aromatic N) is 3. The molecule has 1 atom stereocenters. The summed E-state index contributed by atoms with van der Waals surface area (Å²) >= 11 is 0. The minimum atomic E-state index is -0.172. The van der Waals surface area contributed by atoms with E-state index in [1.165, 1.54) is 30.4 Å². The topological polar surface area (TPSA) is 83.2 Å². The molecule has 3 N–H and O–H groups in total. The quantitative estimate of drug-likeness (QED) is 0.453. The number of carbonyl (C=O) groups excluding carboxylic acids is 1. The molecule has 2 saturated heterocycles. The first-order chi connectivity index (χ1) is 15.5. The summed E-state index contributed by atoms with van der Waals surface area (Å²) < 4.78 is 5.48. The fourth-order valence-electron chi connectivity index (χ4n) is 4.67. The van der Waals surface area contributed by atoms with Crippen molar-refractivity contribution >= 4 is 11.9 Å². The number of piperidine rings is 1. The van der Waals surface area contributed by atoms with Crippen molar-refractivity contribution < 1.29 is 9.53 Å². The van der Waals surface area contributed by atoms with Crippen molar-refractivity contribution in [3.8, 4) is 0 Å². The molecule has 0 bridgehead atoms. The van der Waals surface area contributed by atoms with Crippen LogP contribution in [0.1, 0.15) is 50.2 Å². The molecular formula is C25H41N5O2. The van der Waals surface area contributed by atoms with E-state index in [2.05, 4.69) is 53.4 Å². The van der Waals surface area contributed by atoms with Crippen molar-refractivity contribution in [1.82, 2.24) is 15.1 Å². The lowest BCUT2D eigenvalue weighted by Gasteiger charge is -2.31. The van der Waals surface area contributed by atoms with E-state index >= 15 is 0 Å². The number of carbonyl (C=O) groups is 1. The minimum Gasteiger partial charge on any atom is -0.381 e. The van der Waals surface area contributed by atoms with Crippen molar-refractivity contribution in [2.45, 2.75) is 52.1 Å². The molecule has 0 saturated carbocycles. The number of hydrogen-bond donors (Lipinski definition) is 2. The third-order valence-corrected chi connectivity index (χ3v) is 6.63. The van der Waals surface area contributed by atoms with Crippen LogP contribution in [-0.4, -0.2) is 68.1 Å². The minimum absolute atomic E-state index is 0.0177. The van der Waals surface area contributed by atoms with Gasteiger partial charge >= 0.3 is 0 Å². The van der Waals surface area contributed by atoms with E-state index < -0.39 is 0 Å². The molecule has 1 aromatic rings. The molecule has 1 amide bonds. The monoisotopic (exact) mass is 443 g/mol. The molecular weight excluding hydrogens is 402 g/mol. The summed E-state index contributed by atoms with van der Waals surface area (Å²) in [6.07, 6.45) is 5.47. The Balaban J connectivity index is 1.55. The van der Waals surface area contributed by atoms with Gasteiger partial charge in [0.15, 0.2) is 5.96 Å². The second-order valence-corrected chi connectivity index (χ2v) is 9.23. The van der Waals surface area contributed by atoms with Crippen LogP contribution in [0, 0.1) is 11.8 Å². The summed E-state index contributed by atoms with van der Waals surface area (Å²) in [5, 5.41) is 3.44. The number of benzene rings is 1. The number of nitrogens with two attached hydrogens (primary N) is 1. The molecule has 0 radical (unpaired) electrons. The van der Waals surface area contributed by atoms with Crippen molar-refractivity contribution in [2.75, 3.05) is 46.4 Å². The van der Waals surface area contributed by atoms with E-state index in [1.807, 2.05) is 0 Å². The SMILES string of the molecule is CCNC(=NCc1cccc(CN2CCCC(C(N)=O)C2)c1)N(C)CCC1CCOCC1. The van der Waals surface area contributed by atoms with Crippen LogP contribution >= 0.6 is 0 Å². The zero-order valence-corrected chi connectivity index (χ0v) is 19.9. The molecule has 2 fully saturated rings. The van der Waals surface area contributed by atoms with Gasteiger partial charge in [-0.25, -0.2) is 4.99 Å². The summed E-state index contributed by atoms with van der Waals surface area (Å²) in [7, 11) is 2.13. The number of guanidine groups is 1. The number of nitrogens with one attached hydrogen (secondary N) is 1. The Morgan fingerprint density at radius 3 is 2.81 bits per heavy atom. The Labute approximate surface area is 193 Å². The largest absolute Gasteiger partial charge is 0.381 e. The molecule has 1 unspecified atom stereocenters. The van der Waals surface area contributed by atoms with Crippen molar-refractivity contribution in [2.24, 2.45) is 22.6 Å². The molecule has 2 aliphatic heterocycles. The van der Waals surface area contributed by atoms with Gasteiger partial charge in [0, 0.05) is 46.4 Å². The Hall–Kier alpha value is -2.12. The first-order valence-corrected chi connectivity index (χ1v) is 12.2. The Bertz CT molecular complexity index is 748. The van der Waals surface area contributed by atoms with Gasteiger partial charge in [0.1, 0.15) is 0 Å². The average Bonchev–Trinajstić information content (AvgIpc) is 2.81. The number of aliphatic imine (C=N–C) groups is 1. The normalized spacial score (nSPS) is 20.8. The molecule has 0 aromatic heterocycles. The molecule has 2 aliphatic rings. The maximum atomic E-state index is 11.6. The number of rotatable bonds is 9. The molecule has 32 heavy (non-hydrogen) atoms. The molecule has 7 heteroatoms. The fraction of sp³-hybridized carbons (Fsp3) is 0.680. The molecule has 178 valence electrons. The van der Waals surface area contributed by atoms with Gasteiger partial charge in [-0.3, -0.25) is 9.69 Å². The van der Waals surface area contributed by atoms with Gasteiger partial charge in [-0.1, -0.05) is 24.3 Å². The van der Waals surface area contributed by atoms with Gasteiger partial charge in [-0.15, -0.1) is 0 Å². The zero-order chi connectivity index (χ0) is 22.8.